The summed E-state index contributed by atoms with van der Waals surface area (Å²) < 4.78 is 6.01. The molecule has 1 amide bonds. The molecule has 4 saturated heterocycles. The summed E-state index contributed by atoms with van der Waals surface area (Å²) in [7, 11) is 0. The Kier molecular flexibility index (Phi) is 8.56. The van der Waals surface area contributed by atoms with Crippen LogP contribution >= 0.6 is 0 Å². The maximum absolute atomic E-state index is 12.8. The number of carbonyl (C=O) groups is 1. The molecule has 196 valence electrons. The van der Waals surface area contributed by atoms with Crippen LogP contribution in [0.4, 0.5) is 5.69 Å². The number of benzene rings is 1. The van der Waals surface area contributed by atoms with Crippen LogP contribution in [0, 0.1) is 24.3 Å². The van der Waals surface area contributed by atoms with Crippen molar-refractivity contribution >= 4 is 11.6 Å². The quantitative estimate of drug-likeness (QED) is 0.295. The number of hydrogen-bond donors (Lipinski definition) is 6. The minimum atomic E-state index is -0.247. The standard InChI is InChI=1S/C26H40N8O2/c1-27-16-19-8-13-34(14-9-19)26-31-22-17-29-33-25(35)23(22)24(32-26)30-20-2-4-21(5-3-20)36-15-10-18-6-11-28-12-7-18/h2-5,18-19,22-24,26,28-32H,6-17H2,(H,33,35). The number of carbonyl (C=O) groups excluding carboxylic acids is 1. The Labute approximate surface area is 214 Å². The molecular weight excluding hydrogens is 456 g/mol. The predicted molar refractivity (Wildman–Crippen MR) is 139 cm³/mol. The fourth-order valence-corrected chi connectivity index (χ4v) is 5.92. The van der Waals surface area contributed by atoms with E-state index in [1.807, 2.05) is 24.3 Å². The highest BCUT2D eigenvalue weighted by Gasteiger charge is 2.45. The molecule has 10 heteroatoms. The van der Waals surface area contributed by atoms with Crippen LogP contribution < -0.4 is 36.9 Å². The van der Waals surface area contributed by atoms with Crippen LogP contribution in [-0.4, -0.2) is 75.2 Å². The molecule has 4 aliphatic rings. The minimum absolute atomic E-state index is 0.0149. The molecule has 5 rings (SSSR count). The first kappa shape index (κ1) is 25.2. The lowest BCUT2D eigenvalue weighted by Crippen LogP contribution is -2.77. The number of ether oxygens (including phenoxy) is 1. The summed E-state index contributed by atoms with van der Waals surface area (Å²) in [6, 6.07) is 8.09. The molecule has 0 aromatic heterocycles. The number of piperidine rings is 2. The van der Waals surface area contributed by atoms with Gasteiger partial charge in [-0.05, 0) is 75.4 Å². The topological polar surface area (TPSA) is 106 Å². The smallest absolute Gasteiger partial charge is 0.242 e. The van der Waals surface area contributed by atoms with Crippen molar-refractivity contribution in [2.75, 3.05) is 51.2 Å². The average molecular weight is 497 g/mol. The molecule has 0 aliphatic carbocycles. The van der Waals surface area contributed by atoms with Gasteiger partial charge in [-0.25, -0.2) is 12.0 Å². The Balaban J connectivity index is 1.18. The maximum atomic E-state index is 12.8. The zero-order valence-corrected chi connectivity index (χ0v) is 21.0. The van der Waals surface area contributed by atoms with E-state index in [2.05, 4.69) is 41.9 Å². The normalized spacial score (nSPS) is 30.1. The molecule has 0 bridgehead atoms. The Hall–Kier alpha value is -2.42. The fraction of sp³-hybridized carbons (Fsp3) is 0.692. The molecule has 4 fully saturated rings. The molecule has 4 heterocycles. The van der Waals surface area contributed by atoms with Crippen LogP contribution in [0.2, 0.25) is 0 Å². The first-order valence-corrected chi connectivity index (χ1v) is 13.5. The summed E-state index contributed by atoms with van der Waals surface area (Å²) >= 11 is 0. The molecule has 4 aliphatic heterocycles. The van der Waals surface area contributed by atoms with Crippen molar-refractivity contribution in [1.82, 2.24) is 31.7 Å². The van der Waals surface area contributed by atoms with Gasteiger partial charge in [0.2, 0.25) is 12.5 Å². The third-order valence-corrected chi connectivity index (χ3v) is 8.13. The van der Waals surface area contributed by atoms with Crippen molar-refractivity contribution in [2.24, 2.45) is 17.8 Å². The van der Waals surface area contributed by atoms with Gasteiger partial charge in [-0.1, -0.05) is 0 Å². The van der Waals surface area contributed by atoms with Crippen LogP contribution in [0.15, 0.2) is 24.3 Å². The highest BCUT2D eigenvalue weighted by atomic mass is 16.5. The number of fused-ring (bicyclic) bond motifs is 1. The molecule has 0 radical (unpaired) electrons. The Morgan fingerprint density at radius 3 is 2.58 bits per heavy atom. The molecule has 0 spiro atoms. The van der Waals surface area contributed by atoms with E-state index in [1.165, 1.54) is 12.8 Å². The van der Waals surface area contributed by atoms with Gasteiger partial charge in [-0.3, -0.25) is 25.8 Å². The molecule has 0 saturated carbocycles. The molecule has 1 aromatic rings. The zero-order valence-electron chi connectivity index (χ0n) is 21.0. The van der Waals surface area contributed by atoms with E-state index >= 15 is 0 Å². The second kappa shape index (κ2) is 12.2. The molecule has 4 atom stereocenters. The number of anilines is 1. The largest absolute Gasteiger partial charge is 0.494 e. The van der Waals surface area contributed by atoms with Crippen molar-refractivity contribution in [1.29, 1.82) is 0 Å². The van der Waals surface area contributed by atoms with Crippen molar-refractivity contribution < 1.29 is 9.53 Å². The second-order valence-electron chi connectivity index (χ2n) is 10.5. The van der Waals surface area contributed by atoms with Crippen LogP contribution in [0.25, 0.3) is 4.85 Å². The highest BCUT2D eigenvalue weighted by Crippen LogP contribution is 2.25. The van der Waals surface area contributed by atoms with E-state index in [1.54, 1.807) is 0 Å². The summed E-state index contributed by atoms with van der Waals surface area (Å²) in [6.45, 7) is 13.3. The highest BCUT2D eigenvalue weighted by molar-refractivity contribution is 5.81. The number of rotatable bonds is 8. The lowest BCUT2D eigenvalue weighted by Gasteiger charge is -2.49. The molecule has 10 nitrogen and oxygen atoms in total. The lowest BCUT2D eigenvalue weighted by molar-refractivity contribution is -0.132. The van der Waals surface area contributed by atoms with Crippen LogP contribution in [0.5, 0.6) is 5.75 Å². The van der Waals surface area contributed by atoms with Gasteiger partial charge in [0, 0.05) is 37.3 Å². The van der Waals surface area contributed by atoms with E-state index in [9.17, 15) is 4.79 Å². The summed E-state index contributed by atoms with van der Waals surface area (Å²) in [5.41, 5.74) is 6.78. The molecule has 36 heavy (non-hydrogen) atoms. The summed E-state index contributed by atoms with van der Waals surface area (Å²) in [4.78, 5) is 18.8. The zero-order chi connectivity index (χ0) is 24.7. The number of nitrogens with one attached hydrogen (secondary N) is 6. The predicted octanol–water partition coefficient (Wildman–Crippen LogP) is 0.920. The molecule has 4 unspecified atom stereocenters. The monoisotopic (exact) mass is 496 g/mol. The molecule has 1 aromatic carbocycles. The van der Waals surface area contributed by atoms with Gasteiger partial charge >= 0.3 is 0 Å². The van der Waals surface area contributed by atoms with E-state index in [0.29, 0.717) is 19.0 Å². The van der Waals surface area contributed by atoms with Gasteiger partial charge in [0.05, 0.1) is 18.7 Å². The van der Waals surface area contributed by atoms with Crippen molar-refractivity contribution in [3.63, 3.8) is 0 Å². The minimum Gasteiger partial charge on any atom is -0.494 e. The van der Waals surface area contributed by atoms with Crippen molar-refractivity contribution in [3.8, 4) is 5.75 Å². The van der Waals surface area contributed by atoms with E-state index in [-0.39, 0.29) is 30.3 Å². The SMILES string of the molecule is [C-]#[N+]CC1CCN(C2NC3CNNC(=O)C3C(Nc3ccc(OCCC4CCNCC4)cc3)N2)CC1. The lowest BCUT2D eigenvalue weighted by atomic mass is 9.90. The third-order valence-electron chi connectivity index (χ3n) is 8.13. The molecule has 6 N–H and O–H groups in total. The van der Waals surface area contributed by atoms with Crippen molar-refractivity contribution in [3.05, 3.63) is 35.7 Å². The fourth-order valence-electron chi connectivity index (χ4n) is 5.92. The molecular formula is C26H40N8O2. The Bertz CT molecular complexity index is 892. The third kappa shape index (κ3) is 6.28. The van der Waals surface area contributed by atoms with Gasteiger partial charge in [0.1, 0.15) is 12.0 Å². The van der Waals surface area contributed by atoms with Crippen molar-refractivity contribution in [2.45, 2.75) is 50.6 Å². The average Bonchev–Trinajstić information content (AvgIpc) is 2.91. The maximum Gasteiger partial charge on any atom is 0.242 e. The summed E-state index contributed by atoms with van der Waals surface area (Å²) in [6.07, 6.45) is 5.41. The van der Waals surface area contributed by atoms with Gasteiger partial charge in [-0.2, -0.15) is 0 Å². The second-order valence-corrected chi connectivity index (χ2v) is 10.5. The van der Waals surface area contributed by atoms with Gasteiger partial charge in [0.25, 0.3) is 0 Å². The van der Waals surface area contributed by atoms with Crippen LogP contribution in [0.3, 0.4) is 0 Å². The van der Waals surface area contributed by atoms with Gasteiger partial charge in [-0.15, -0.1) is 0 Å². The Morgan fingerprint density at radius 1 is 1.06 bits per heavy atom. The van der Waals surface area contributed by atoms with Crippen LogP contribution in [0.1, 0.15) is 32.1 Å². The first-order chi connectivity index (χ1) is 17.7. The number of amides is 1. The number of nitrogens with zero attached hydrogens (tertiary/aromatic N) is 2. The number of hydrazine groups is 1. The van der Waals surface area contributed by atoms with Gasteiger partial charge in [0.15, 0.2) is 0 Å². The number of hydrogen-bond acceptors (Lipinski definition) is 8. The summed E-state index contributed by atoms with van der Waals surface area (Å²) in [5.74, 6) is 1.87. The van der Waals surface area contributed by atoms with E-state index in [4.69, 9.17) is 11.3 Å². The Morgan fingerprint density at radius 2 is 1.83 bits per heavy atom. The van der Waals surface area contributed by atoms with Gasteiger partial charge < -0.3 is 20.2 Å². The van der Waals surface area contributed by atoms with E-state index in [0.717, 1.165) is 69.4 Å². The number of likely N-dealkylation sites (tertiary alicyclic amines) is 1. The van der Waals surface area contributed by atoms with Crippen LogP contribution in [-0.2, 0) is 4.79 Å². The summed E-state index contributed by atoms with van der Waals surface area (Å²) in [5, 5.41) is 14.3. The first-order valence-electron chi connectivity index (χ1n) is 13.5. The van der Waals surface area contributed by atoms with E-state index < -0.39 is 0 Å².